The van der Waals surface area contributed by atoms with E-state index in [0.29, 0.717) is 12.3 Å². The van der Waals surface area contributed by atoms with Gasteiger partial charge in [0.2, 0.25) is 0 Å². The lowest BCUT2D eigenvalue weighted by Crippen LogP contribution is -2.25. The molecule has 4 N–H and O–H groups in total. The van der Waals surface area contributed by atoms with Gasteiger partial charge in [-0.25, -0.2) is 0 Å². The van der Waals surface area contributed by atoms with Gasteiger partial charge in [-0.2, -0.15) is 0 Å². The number of carboxylic acids is 2. The first kappa shape index (κ1) is 13.3. The van der Waals surface area contributed by atoms with Gasteiger partial charge >= 0.3 is 11.9 Å². The number of carboxylic acid groups (broad SMARTS) is 2. The maximum Gasteiger partial charge on any atom is 0.308 e. The summed E-state index contributed by atoms with van der Waals surface area (Å²) in [5.74, 6) is -1.95. The van der Waals surface area contributed by atoms with Gasteiger partial charge in [-0.15, -0.1) is 0 Å². The maximum absolute atomic E-state index is 11.0. The van der Waals surface area contributed by atoms with Gasteiger partial charge in [0.25, 0.3) is 0 Å². The monoisotopic (exact) mass is 255 g/mol. The minimum absolute atomic E-state index is 0.259. The van der Waals surface area contributed by atoms with Crippen molar-refractivity contribution in [1.82, 2.24) is 0 Å². The molecule has 0 radical (unpaired) electrons. The molecular formula is C13H21NO4. The number of hydrogen-bond acceptors (Lipinski definition) is 3. The molecule has 5 atom stereocenters. The van der Waals surface area contributed by atoms with Gasteiger partial charge in [0, 0.05) is 6.04 Å². The van der Waals surface area contributed by atoms with Crippen molar-refractivity contribution in [3.8, 4) is 0 Å². The molecule has 5 unspecified atom stereocenters. The van der Waals surface area contributed by atoms with E-state index in [0.717, 1.165) is 25.7 Å². The largest absolute Gasteiger partial charge is 0.481 e. The normalized spacial score (nSPS) is 43.4. The van der Waals surface area contributed by atoms with Crippen LogP contribution in [-0.2, 0) is 9.59 Å². The highest BCUT2D eigenvalue weighted by atomic mass is 16.4. The zero-order valence-corrected chi connectivity index (χ0v) is 10.6. The van der Waals surface area contributed by atoms with E-state index in [1.54, 1.807) is 0 Å². The number of hydrogen-bond donors (Lipinski definition) is 3. The minimum atomic E-state index is -0.824. The SMILES string of the molecule is CC1(CC2CCCC(C(=O)O)C2)C(N)C1C(=O)O. The Labute approximate surface area is 106 Å². The Balaban J connectivity index is 1.94. The lowest BCUT2D eigenvalue weighted by atomic mass is 9.76. The van der Waals surface area contributed by atoms with Gasteiger partial charge in [0.1, 0.15) is 0 Å². The van der Waals surface area contributed by atoms with Gasteiger partial charge < -0.3 is 15.9 Å². The standard InChI is InChI=1S/C13H21NO4/c1-13(9(10(13)14)12(17)18)6-7-3-2-4-8(5-7)11(15)16/h7-10H,2-6,14H2,1H3,(H,15,16)(H,17,18). The Hall–Kier alpha value is -1.10. The third-order valence-electron chi connectivity index (χ3n) is 4.85. The van der Waals surface area contributed by atoms with E-state index in [9.17, 15) is 9.59 Å². The topological polar surface area (TPSA) is 101 Å². The molecule has 0 aliphatic heterocycles. The van der Waals surface area contributed by atoms with Crippen LogP contribution in [0.25, 0.3) is 0 Å². The zero-order chi connectivity index (χ0) is 13.5. The second-order valence-electron chi connectivity index (χ2n) is 6.12. The van der Waals surface area contributed by atoms with Crippen molar-refractivity contribution in [2.45, 2.75) is 45.1 Å². The van der Waals surface area contributed by atoms with Crippen molar-refractivity contribution in [2.24, 2.45) is 28.9 Å². The molecule has 0 amide bonds. The van der Waals surface area contributed by atoms with Crippen LogP contribution in [-0.4, -0.2) is 28.2 Å². The van der Waals surface area contributed by atoms with E-state index in [1.165, 1.54) is 0 Å². The highest BCUT2D eigenvalue weighted by molar-refractivity contribution is 5.76. The van der Waals surface area contributed by atoms with Crippen molar-refractivity contribution in [3.63, 3.8) is 0 Å². The van der Waals surface area contributed by atoms with Crippen LogP contribution in [0.5, 0.6) is 0 Å². The summed E-state index contributed by atoms with van der Waals surface area (Å²) in [5.41, 5.74) is 5.52. The van der Waals surface area contributed by atoms with E-state index in [-0.39, 0.29) is 17.4 Å². The third kappa shape index (κ3) is 2.23. The lowest BCUT2D eigenvalue weighted by molar-refractivity contribution is -0.144. The molecule has 2 aliphatic rings. The molecule has 0 spiro atoms. The van der Waals surface area contributed by atoms with Crippen LogP contribution in [0.4, 0.5) is 0 Å². The molecule has 2 saturated carbocycles. The Morgan fingerprint density at radius 3 is 2.44 bits per heavy atom. The second-order valence-corrected chi connectivity index (χ2v) is 6.12. The highest BCUT2D eigenvalue weighted by Gasteiger charge is 2.63. The minimum Gasteiger partial charge on any atom is -0.481 e. The summed E-state index contributed by atoms with van der Waals surface area (Å²) in [6.45, 7) is 1.92. The van der Waals surface area contributed by atoms with Crippen molar-refractivity contribution >= 4 is 11.9 Å². The summed E-state index contributed by atoms with van der Waals surface area (Å²) in [6, 6.07) is -0.278. The molecule has 2 rings (SSSR count). The van der Waals surface area contributed by atoms with Crippen LogP contribution >= 0.6 is 0 Å². The molecule has 2 aliphatic carbocycles. The van der Waals surface area contributed by atoms with E-state index in [2.05, 4.69) is 0 Å². The highest BCUT2D eigenvalue weighted by Crippen LogP contribution is 2.56. The van der Waals surface area contributed by atoms with Crippen LogP contribution < -0.4 is 5.73 Å². The van der Waals surface area contributed by atoms with Crippen molar-refractivity contribution < 1.29 is 19.8 Å². The van der Waals surface area contributed by atoms with Crippen molar-refractivity contribution in [2.75, 3.05) is 0 Å². The number of rotatable bonds is 4. The maximum atomic E-state index is 11.0. The summed E-state index contributed by atoms with van der Waals surface area (Å²) in [5, 5.41) is 18.1. The van der Waals surface area contributed by atoms with Gasteiger partial charge in [0.15, 0.2) is 0 Å². The molecule has 2 fully saturated rings. The van der Waals surface area contributed by atoms with Crippen LogP contribution in [0, 0.1) is 23.2 Å². The Bertz CT molecular complexity index is 370. The van der Waals surface area contributed by atoms with Gasteiger partial charge in [-0.1, -0.05) is 19.8 Å². The average Bonchev–Trinajstić information content (AvgIpc) is 2.80. The van der Waals surface area contributed by atoms with Crippen LogP contribution in [0.1, 0.15) is 39.0 Å². The van der Waals surface area contributed by atoms with E-state index >= 15 is 0 Å². The van der Waals surface area contributed by atoms with E-state index < -0.39 is 17.9 Å². The molecule has 0 saturated heterocycles. The fourth-order valence-corrected chi connectivity index (χ4v) is 3.62. The molecule has 0 aromatic heterocycles. The predicted octanol–water partition coefficient (Wildman–Crippen LogP) is 1.32. The molecule has 0 heterocycles. The van der Waals surface area contributed by atoms with E-state index in [4.69, 9.17) is 15.9 Å². The fourth-order valence-electron chi connectivity index (χ4n) is 3.62. The first-order chi connectivity index (χ1) is 8.36. The Morgan fingerprint density at radius 2 is 1.94 bits per heavy atom. The Kier molecular flexibility index (Phi) is 3.36. The predicted molar refractivity (Wildman–Crippen MR) is 64.9 cm³/mol. The van der Waals surface area contributed by atoms with Crippen molar-refractivity contribution in [3.05, 3.63) is 0 Å². The smallest absolute Gasteiger partial charge is 0.308 e. The lowest BCUT2D eigenvalue weighted by Gasteiger charge is -2.29. The molecule has 0 aromatic rings. The third-order valence-corrected chi connectivity index (χ3v) is 4.85. The number of carbonyl (C=O) groups is 2. The number of aliphatic carboxylic acids is 2. The Morgan fingerprint density at radius 1 is 1.28 bits per heavy atom. The summed E-state index contributed by atoms with van der Waals surface area (Å²) < 4.78 is 0. The molecule has 0 aromatic carbocycles. The molecular weight excluding hydrogens is 234 g/mol. The molecule has 18 heavy (non-hydrogen) atoms. The quantitative estimate of drug-likeness (QED) is 0.703. The summed E-state index contributed by atoms with van der Waals surface area (Å²) >= 11 is 0. The average molecular weight is 255 g/mol. The van der Waals surface area contributed by atoms with Gasteiger partial charge in [-0.3, -0.25) is 9.59 Å². The van der Waals surface area contributed by atoms with E-state index in [1.807, 2.05) is 6.92 Å². The van der Waals surface area contributed by atoms with Gasteiger partial charge in [0.05, 0.1) is 11.8 Å². The number of nitrogens with two attached hydrogens (primary N) is 1. The first-order valence-electron chi connectivity index (χ1n) is 6.57. The summed E-state index contributed by atoms with van der Waals surface area (Å²) in [6.07, 6.45) is 4.08. The molecule has 0 bridgehead atoms. The van der Waals surface area contributed by atoms with Gasteiger partial charge in [-0.05, 0) is 30.6 Å². The van der Waals surface area contributed by atoms with Crippen molar-refractivity contribution in [1.29, 1.82) is 0 Å². The second kappa shape index (κ2) is 4.53. The molecule has 102 valence electrons. The summed E-state index contributed by atoms with van der Waals surface area (Å²) in [7, 11) is 0. The summed E-state index contributed by atoms with van der Waals surface area (Å²) in [4.78, 5) is 22.0. The first-order valence-corrected chi connectivity index (χ1v) is 6.57. The van der Waals surface area contributed by atoms with Crippen LogP contribution in [0.3, 0.4) is 0 Å². The van der Waals surface area contributed by atoms with Crippen LogP contribution in [0.15, 0.2) is 0 Å². The molecule has 5 heteroatoms. The molecule has 5 nitrogen and oxygen atoms in total. The van der Waals surface area contributed by atoms with Crippen LogP contribution in [0.2, 0.25) is 0 Å². The zero-order valence-electron chi connectivity index (χ0n) is 10.6. The fraction of sp³-hybridized carbons (Fsp3) is 0.846.